The summed E-state index contributed by atoms with van der Waals surface area (Å²) in [7, 11) is 0. The fourth-order valence-electron chi connectivity index (χ4n) is 2.39. The van der Waals surface area contributed by atoms with Gasteiger partial charge in [0.2, 0.25) is 0 Å². The number of carbonyl (C=O) groups excluding carboxylic acids is 1. The van der Waals surface area contributed by atoms with Crippen LogP contribution in [0.15, 0.2) is 72.8 Å². The van der Waals surface area contributed by atoms with Crippen LogP contribution in [0.3, 0.4) is 0 Å². The second-order valence-electron chi connectivity index (χ2n) is 5.33. The van der Waals surface area contributed by atoms with E-state index in [9.17, 15) is 10.3 Å². The largest absolute Gasteiger partial charge is 0.427 e. The van der Waals surface area contributed by atoms with Crippen LogP contribution in [0.1, 0.15) is 5.56 Å². The van der Waals surface area contributed by atoms with Crippen LogP contribution in [0.4, 0.5) is 0 Å². The Hall–Kier alpha value is -2.91. The smallest absolute Gasteiger partial charge is 0.414 e. The first-order valence-corrected chi connectivity index (χ1v) is 8.40. The molecular formula is C20H12Cl2N2O2. The highest BCUT2D eigenvalue weighted by Gasteiger charge is 2.27. The third-order valence-corrected chi connectivity index (χ3v) is 4.27. The van der Waals surface area contributed by atoms with Crippen molar-refractivity contribution < 1.29 is 14.3 Å². The Balaban J connectivity index is 1.85. The van der Waals surface area contributed by atoms with Crippen LogP contribution in [-0.2, 0) is 4.79 Å². The molecule has 0 saturated heterocycles. The zero-order chi connectivity index (χ0) is 18.5. The summed E-state index contributed by atoms with van der Waals surface area (Å²) in [5.41, 5.74) is 11.4. The third kappa shape index (κ3) is 3.84. The van der Waals surface area contributed by atoms with Crippen molar-refractivity contribution in [2.24, 2.45) is 0 Å². The summed E-state index contributed by atoms with van der Waals surface area (Å²) in [4.78, 5) is 15.4. The highest BCUT2D eigenvalue weighted by molar-refractivity contribution is 6.42. The lowest BCUT2D eigenvalue weighted by Crippen LogP contribution is -2.22. The van der Waals surface area contributed by atoms with E-state index in [1.54, 1.807) is 30.3 Å². The number of halogens is 2. The summed E-state index contributed by atoms with van der Waals surface area (Å²) in [6.45, 7) is 0. The first kappa shape index (κ1) is 17.9. The zero-order valence-electron chi connectivity index (χ0n) is 13.4. The van der Waals surface area contributed by atoms with Crippen LogP contribution in [0.2, 0.25) is 10.0 Å². The number of ether oxygens (including phenoxy) is 1. The monoisotopic (exact) mass is 382 g/mol. The van der Waals surface area contributed by atoms with E-state index in [4.69, 9.17) is 27.9 Å². The normalized spacial score (nSPS) is 10.1. The van der Waals surface area contributed by atoms with Crippen molar-refractivity contribution in [1.29, 1.82) is 0 Å². The van der Waals surface area contributed by atoms with Gasteiger partial charge in [0.1, 0.15) is 0 Å². The Labute approximate surface area is 160 Å². The van der Waals surface area contributed by atoms with Gasteiger partial charge in [-0.15, -0.1) is 0 Å². The summed E-state index contributed by atoms with van der Waals surface area (Å²) in [5.74, 6) is -0.849. The number of rotatable bonds is 4. The second kappa shape index (κ2) is 7.98. The van der Waals surface area contributed by atoms with Gasteiger partial charge in [0.25, 0.3) is 0 Å². The van der Waals surface area contributed by atoms with E-state index in [0.29, 0.717) is 5.56 Å². The lowest BCUT2D eigenvalue weighted by Gasteiger charge is -2.06. The Kier molecular flexibility index (Phi) is 5.49. The lowest BCUT2D eigenvalue weighted by molar-refractivity contribution is -0.131. The fourth-order valence-corrected chi connectivity index (χ4v) is 2.86. The number of hydrogen-bond acceptors (Lipinski definition) is 2. The van der Waals surface area contributed by atoms with Gasteiger partial charge in [-0.2, -0.15) is 4.79 Å². The van der Waals surface area contributed by atoms with E-state index in [2.05, 4.69) is 4.79 Å². The molecule has 0 spiro atoms. The predicted molar refractivity (Wildman–Crippen MR) is 102 cm³/mol. The fraction of sp³-hybridized carbons (Fsp3) is 0. The van der Waals surface area contributed by atoms with Crippen LogP contribution in [0.5, 0.6) is 5.75 Å². The molecule has 0 unspecified atom stereocenters. The molecule has 6 heteroatoms. The molecule has 0 aromatic heterocycles. The molecule has 0 aliphatic rings. The zero-order valence-corrected chi connectivity index (χ0v) is 14.9. The molecule has 0 aliphatic carbocycles. The van der Waals surface area contributed by atoms with Gasteiger partial charge in [-0.05, 0) is 35.4 Å². The van der Waals surface area contributed by atoms with Gasteiger partial charge < -0.3 is 10.3 Å². The number of para-hydroxylation sites is 1. The van der Waals surface area contributed by atoms with Crippen LogP contribution >= 0.6 is 23.2 Å². The summed E-state index contributed by atoms with van der Waals surface area (Å²) >= 11 is 12.0. The Morgan fingerprint density at radius 3 is 1.96 bits per heavy atom. The lowest BCUT2D eigenvalue weighted by atomic mass is 10.0. The number of nitrogens with zero attached hydrogens (tertiary/aromatic N) is 2. The predicted octanol–water partition coefficient (Wildman–Crippen LogP) is 5.28. The van der Waals surface area contributed by atoms with Crippen molar-refractivity contribution in [1.82, 2.24) is 0 Å². The maximum atomic E-state index is 12.4. The Morgan fingerprint density at radius 2 is 1.38 bits per heavy atom. The summed E-state index contributed by atoms with van der Waals surface area (Å²) in [5, 5.41) is 0.366. The summed E-state index contributed by atoms with van der Waals surface area (Å²) in [6.07, 6.45) is 0. The van der Waals surface area contributed by atoms with Crippen LogP contribution in [0.25, 0.3) is 16.7 Å². The minimum Gasteiger partial charge on any atom is -0.414 e. The van der Waals surface area contributed by atoms with E-state index < -0.39 is 5.97 Å². The number of esters is 1. The summed E-state index contributed by atoms with van der Waals surface area (Å²) < 4.78 is 5.20. The molecular weight excluding hydrogens is 371 g/mol. The van der Waals surface area contributed by atoms with Gasteiger partial charge in [-0.1, -0.05) is 71.7 Å². The second-order valence-corrected chi connectivity index (χ2v) is 6.15. The van der Waals surface area contributed by atoms with Crippen molar-refractivity contribution in [2.75, 3.05) is 0 Å². The third-order valence-electron chi connectivity index (χ3n) is 3.67. The van der Waals surface area contributed by atoms with E-state index in [-0.39, 0.29) is 21.5 Å². The van der Waals surface area contributed by atoms with Gasteiger partial charge in [-0.3, -0.25) is 0 Å². The molecule has 0 fully saturated rings. The Bertz CT molecular complexity index is 976. The molecule has 0 aliphatic heterocycles. The van der Waals surface area contributed by atoms with E-state index >= 15 is 0 Å². The average molecular weight is 383 g/mol. The van der Waals surface area contributed by atoms with Crippen molar-refractivity contribution in [3.05, 3.63) is 93.9 Å². The highest BCUT2D eigenvalue weighted by atomic mass is 35.5. The summed E-state index contributed by atoms with van der Waals surface area (Å²) in [6, 6.07) is 21.5. The molecule has 4 nitrogen and oxygen atoms in total. The molecule has 0 bridgehead atoms. The van der Waals surface area contributed by atoms with E-state index in [1.807, 2.05) is 42.5 Å². The van der Waals surface area contributed by atoms with Gasteiger partial charge >= 0.3 is 11.7 Å². The minimum atomic E-state index is -0.866. The van der Waals surface area contributed by atoms with Crippen molar-refractivity contribution in [3.63, 3.8) is 0 Å². The Morgan fingerprint density at radius 1 is 0.808 bits per heavy atom. The van der Waals surface area contributed by atoms with Crippen molar-refractivity contribution in [3.8, 4) is 16.9 Å². The quantitative estimate of drug-likeness (QED) is 0.202. The molecule has 0 amide bonds. The van der Waals surface area contributed by atoms with Crippen LogP contribution in [-0.4, -0.2) is 16.5 Å². The van der Waals surface area contributed by atoms with Gasteiger partial charge in [-0.25, -0.2) is 4.79 Å². The minimum absolute atomic E-state index is 0.0166. The van der Waals surface area contributed by atoms with Crippen LogP contribution < -0.4 is 4.74 Å². The molecule has 0 radical (unpaired) electrons. The van der Waals surface area contributed by atoms with E-state index in [1.165, 1.54) is 0 Å². The van der Waals surface area contributed by atoms with Gasteiger partial charge in [0.05, 0.1) is 15.6 Å². The van der Waals surface area contributed by atoms with Gasteiger partial charge in [0, 0.05) is 0 Å². The molecule has 3 aromatic carbocycles. The van der Waals surface area contributed by atoms with Crippen molar-refractivity contribution >= 4 is 34.9 Å². The molecule has 3 aromatic rings. The van der Waals surface area contributed by atoms with Gasteiger partial charge in [0.15, 0.2) is 5.75 Å². The average Bonchev–Trinajstić information content (AvgIpc) is 2.67. The number of benzene rings is 3. The first-order valence-electron chi connectivity index (χ1n) is 7.64. The highest BCUT2D eigenvalue weighted by Crippen LogP contribution is 2.32. The standard InChI is InChI=1S/C20H12Cl2N2O2/c21-16-7-4-8-17(22)19(16)26-20(25)18(24-23)15-11-9-14(10-12-15)13-5-2-1-3-6-13/h1-12H. The SMILES string of the molecule is [N-]=[N+]=C(C(=O)Oc1c(Cl)cccc1Cl)c1ccc(-c2ccccc2)cc1. The molecule has 26 heavy (non-hydrogen) atoms. The molecule has 0 atom stereocenters. The van der Waals surface area contributed by atoms with Crippen LogP contribution in [0, 0.1) is 0 Å². The first-order chi connectivity index (χ1) is 12.6. The van der Waals surface area contributed by atoms with Crippen molar-refractivity contribution in [2.45, 2.75) is 0 Å². The maximum Gasteiger partial charge on any atom is 0.427 e. The molecule has 0 N–H and O–H groups in total. The molecule has 128 valence electrons. The molecule has 3 rings (SSSR count). The maximum absolute atomic E-state index is 12.4. The van der Waals surface area contributed by atoms with E-state index in [0.717, 1.165) is 11.1 Å². The molecule has 0 heterocycles. The topological polar surface area (TPSA) is 62.7 Å². The number of carbonyl (C=O) groups is 1. The molecule has 0 saturated carbocycles. The number of hydrogen-bond donors (Lipinski definition) is 0.